The van der Waals surface area contributed by atoms with Gasteiger partial charge in [-0.15, -0.1) is 0 Å². The molecule has 0 aliphatic heterocycles. The highest BCUT2D eigenvalue weighted by Crippen LogP contribution is 2.11. The van der Waals surface area contributed by atoms with Gasteiger partial charge in [-0.05, 0) is 33.5 Å². The van der Waals surface area contributed by atoms with Crippen LogP contribution in [0, 0.1) is 0 Å². The molecule has 3 nitrogen and oxygen atoms in total. The van der Waals surface area contributed by atoms with Crippen molar-refractivity contribution in [1.82, 2.24) is 4.90 Å². The Morgan fingerprint density at radius 1 is 0.864 bits per heavy atom. The molecular formula is C19H24N2O. The van der Waals surface area contributed by atoms with Gasteiger partial charge >= 0.3 is 0 Å². The zero-order valence-corrected chi connectivity index (χ0v) is 13.4. The lowest BCUT2D eigenvalue weighted by atomic mass is 10.0. The molecule has 0 aliphatic carbocycles. The van der Waals surface area contributed by atoms with Crippen LogP contribution >= 0.6 is 0 Å². The zero-order valence-electron chi connectivity index (χ0n) is 13.4. The highest BCUT2D eigenvalue weighted by molar-refractivity contribution is 6.12. The fourth-order valence-corrected chi connectivity index (χ4v) is 2.17. The molecule has 0 amide bonds. The summed E-state index contributed by atoms with van der Waals surface area (Å²) in [7, 11) is 4.17. The van der Waals surface area contributed by atoms with Crippen LogP contribution in [-0.4, -0.2) is 37.9 Å². The molecule has 0 radical (unpaired) electrons. The van der Waals surface area contributed by atoms with E-state index in [1.165, 1.54) is 0 Å². The molecule has 2 aromatic rings. The number of benzene rings is 2. The van der Waals surface area contributed by atoms with Crippen molar-refractivity contribution < 1.29 is 4.84 Å². The smallest absolute Gasteiger partial charge is 0.117 e. The molecule has 0 spiro atoms. The van der Waals surface area contributed by atoms with E-state index < -0.39 is 0 Å². The van der Waals surface area contributed by atoms with E-state index >= 15 is 0 Å². The van der Waals surface area contributed by atoms with Crippen molar-refractivity contribution in [2.45, 2.75) is 12.8 Å². The third-order valence-electron chi connectivity index (χ3n) is 3.34. The average Bonchev–Trinajstić information content (AvgIpc) is 2.55. The van der Waals surface area contributed by atoms with Crippen LogP contribution in [0.2, 0.25) is 0 Å². The summed E-state index contributed by atoms with van der Waals surface area (Å²) in [5.41, 5.74) is 3.03. The number of nitrogens with zero attached hydrogens (tertiary/aromatic N) is 2. The Labute approximate surface area is 133 Å². The molecule has 0 saturated carbocycles. The first-order valence-electron chi connectivity index (χ1n) is 7.73. The number of oxime groups is 1. The largest absolute Gasteiger partial charge is 0.395 e. The van der Waals surface area contributed by atoms with Crippen LogP contribution in [0.1, 0.15) is 24.0 Å². The predicted octanol–water partition coefficient (Wildman–Crippen LogP) is 3.80. The number of unbranched alkanes of at least 4 members (excludes halogenated alkanes) is 1. The van der Waals surface area contributed by atoms with E-state index in [0.717, 1.165) is 36.2 Å². The Morgan fingerprint density at radius 3 is 1.91 bits per heavy atom. The maximum absolute atomic E-state index is 5.56. The molecule has 3 heteroatoms. The Balaban J connectivity index is 2.01. The van der Waals surface area contributed by atoms with E-state index in [0.29, 0.717) is 6.61 Å². The van der Waals surface area contributed by atoms with E-state index in [9.17, 15) is 0 Å². The molecule has 22 heavy (non-hydrogen) atoms. The summed E-state index contributed by atoms with van der Waals surface area (Å²) < 4.78 is 0. The Morgan fingerprint density at radius 2 is 1.41 bits per heavy atom. The monoisotopic (exact) mass is 296 g/mol. The van der Waals surface area contributed by atoms with Gasteiger partial charge < -0.3 is 9.74 Å². The van der Waals surface area contributed by atoms with Gasteiger partial charge in [-0.2, -0.15) is 0 Å². The second-order valence-electron chi connectivity index (χ2n) is 5.52. The van der Waals surface area contributed by atoms with Gasteiger partial charge in [0.1, 0.15) is 12.3 Å². The molecule has 0 unspecified atom stereocenters. The lowest BCUT2D eigenvalue weighted by molar-refractivity contribution is 0.138. The minimum Gasteiger partial charge on any atom is -0.395 e. The first-order valence-corrected chi connectivity index (χ1v) is 7.73. The van der Waals surface area contributed by atoms with E-state index in [2.05, 4.69) is 48.4 Å². The fourth-order valence-electron chi connectivity index (χ4n) is 2.17. The summed E-state index contributed by atoms with van der Waals surface area (Å²) in [5.74, 6) is 0. The van der Waals surface area contributed by atoms with Crippen LogP contribution in [-0.2, 0) is 4.84 Å². The van der Waals surface area contributed by atoms with Crippen LogP contribution in [0.25, 0.3) is 0 Å². The summed E-state index contributed by atoms with van der Waals surface area (Å²) in [4.78, 5) is 7.74. The highest BCUT2D eigenvalue weighted by atomic mass is 16.6. The second-order valence-corrected chi connectivity index (χ2v) is 5.52. The molecule has 0 N–H and O–H groups in total. The van der Waals surface area contributed by atoms with E-state index in [1.54, 1.807) is 0 Å². The van der Waals surface area contributed by atoms with Gasteiger partial charge in [-0.25, -0.2) is 0 Å². The van der Waals surface area contributed by atoms with Crippen LogP contribution < -0.4 is 0 Å². The van der Waals surface area contributed by atoms with Crippen molar-refractivity contribution in [3.8, 4) is 0 Å². The van der Waals surface area contributed by atoms with Crippen molar-refractivity contribution in [2.75, 3.05) is 27.2 Å². The topological polar surface area (TPSA) is 24.8 Å². The van der Waals surface area contributed by atoms with Crippen molar-refractivity contribution in [1.29, 1.82) is 0 Å². The van der Waals surface area contributed by atoms with Gasteiger partial charge in [0.25, 0.3) is 0 Å². The Bertz CT molecular complexity index is 523. The summed E-state index contributed by atoms with van der Waals surface area (Å²) in [5, 5.41) is 4.38. The van der Waals surface area contributed by atoms with Crippen molar-refractivity contribution >= 4 is 5.71 Å². The molecule has 0 saturated heterocycles. The highest BCUT2D eigenvalue weighted by Gasteiger charge is 2.06. The quantitative estimate of drug-likeness (QED) is 0.420. The maximum atomic E-state index is 5.56. The molecular weight excluding hydrogens is 272 g/mol. The second kappa shape index (κ2) is 9.00. The van der Waals surface area contributed by atoms with Gasteiger partial charge in [0.05, 0.1) is 0 Å². The van der Waals surface area contributed by atoms with Gasteiger partial charge in [-0.1, -0.05) is 65.8 Å². The van der Waals surface area contributed by atoms with Gasteiger partial charge in [0, 0.05) is 11.1 Å². The van der Waals surface area contributed by atoms with Crippen molar-refractivity contribution in [3.63, 3.8) is 0 Å². The third kappa shape index (κ3) is 5.34. The van der Waals surface area contributed by atoms with Gasteiger partial charge in [0.15, 0.2) is 0 Å². The van der Waals surface area contributed by atoms with Crippen molar-refractivity contribution in [3.05, 3.63) is 71.8 Å². The first-order chi connectivity index (χ1) is 10.8. The molecule has 0 aliphatic rings. The van der Waals surface area contributed by atoms with Gasteiger partial charge in [0.2, 0.25) is 0 Å². The van der Waals surface area contributed by atoms with E-state index in [-0.39, 0.29) is 0 Å². The Kier molecular flexibility index (Phi) is 6.65. The molecule has 0 aromatic heterocycles. The molecule has 116 valence electrons. The minimum absolute atomic E-state index is 0.650. The maximum Gasteiger partial charge on any atom is 0.117 e. The molecule has 0 bridgehead atoms. The van der Waals surface area contributed by atoms with Crippen LogP contribution in [0.15, 0.2) is 65.8 Å². The zero-order chi connectivity index (χ0) is 15.6. The predicted molar refractivity (Wildman–Crippen MR) is 92.3 cm³/mol. The number of hydrogen-bond donors (Lipinski definition) is 0. The summed E-state index contributed by atoms with van der Waals surface area (Å²) >= 11 is 0. The van der Waals surface area contributed by atoms with Crippen LogP contribution in [0.3, 0.4) is 0 Å². The Hall–Kier alpha value is -2.13. The molecule has 2 aromatic carbocycles. The molecule has 0 heterocycles. The van der Waals surface area contributed by atoms with Crippen molar-refractivity contribution in [2.24, 2.45) is 5.16 Å². The molecule has 0 atom stereocenters. The third-order valence-corrected chi connectivity index (χ3v) is 3.34. The fraction of sp³-hybridized carbons (Fsp3) is 0.316. The summed E-state index contributed by atoms with van der Waals surface area (Å²) in [6.07, 6.45) is 2.13. The number of hydrogen-bond acceptors (Lipinski definition) is 3. The summed E-state index contributed by atoms with van der Waals surface area (Å²) in [6.45, 7) is 1.73. The van der Waals surface area contributed by atoms with Gasteiger partial charge in [-0.3, -0.25) is 0 Å². The van der Waals surface area contributed by atoms with Crippen LogP contribution in [0.4, 0.5) is 0 Å². The lowest BCUT2D eigenvalue weighted by Gasteiger charge is -2.09. The van der Waals surface area contributed by atoms with E-state index in [4.69, 9.17) is 4.84 Å². The molecule has 2 rings (SSSR count). The standard InChI is InChI=1S/C19H24N2O/c1-21(2)15-9-10-16-22-20-19(17-11-5-3-6-12-17)18-13-7-4-8-14-18/h3-8,11-14H,9-10,15-16H2,1-2H3. The number of rotatable bonds is 8. The first kappa shape index (κ1) is 16.2. The normalized spacial score (nSPS) is 10.5. The summed E-state index contributed by atoms with van der Waals surface area (Å²) in [6, 6.07) is 20.3. The lowest BCUT2D eigenvalue weighted by Crippen LogP contribution is -2.13. The van der Waals surface area contributed by atoms with E-state index in [1.807, 2.05) is 36.4 Å². The molecule has 0 fully saturated rings. The SMILES string of the molecule is CN(C)CCCCON=C(c1ccccc1)c1ccccc1. The average molecular weight is 296 g/mol. The van der Waals surface area contributed by atoms with Crippen LogP contribution in [0.5, 0.6) is 0 Å². The minimum atomic E-state index is 0.650.